The Hall–Kier alpha value is -3.86. The average molecular weight is 385 g/mol. The van der Waals surface area contributed by atoms with Crippen LogP contribution in [0.25, 0.3) is 22.3 Å². The number of aryl methyl sites for hydroxylation is 1. The molecule has 1 heterocycles. The molecule has 4 rings (SSSR count). The molecule has 0 atom stereocenters. The van der Waals surface area contributed by atoms with Crippen molar-refractivity contribution in [1.82, 2.24) is 0 Å². The van der Waals surface area contributed by atoms with Crippen molar-refractivity contribution in [2.24, 2.45) is 0 Å². The zero-order valence-electron chi connectivity index (χ0n) is 16.1. The van der Waals surface area contributed by atoms with Gasteiger partial charge in [0.1, 0.15) is 17.1 Å². The van der Waals surface area contributed by atoms with Gasteiger partial charge in [0.25, 0.3) is 5.91 Å². The molecule has 4 aromatic rings. The maximum absolute atomic E-state index is 12.7. The fourth-order valence-electron chi connectivity index (χ4n) is 3.12. The summed E-state index contributed by atoms with van der Waals surface area (Å²) >= 11 is 0. The molecule has 1 amide bonds. The number of hydrogen-bond donors (Lipinski definition) is 1. The molecule has 0 aliphatic carbocycles. The summed E-state index contributed by atoms with van der Waals surface area (Å²) in [5.74, 6) is 0.972. The number of nitrogens with one attached hydrogen (secondary N) is 1. The molecule has 0 aliphatic heterocycles. The van der Waals surface area contributed by atoms with Gasteiger partial charge in [0.15, 0.2) is 5.43 Å². The van der Waals surface area contributed by atoms with E-state index in [4.69, 9.17) is 9.15 Å². The molecule has 5 nitrogen and oxygen atoms in total. The molecular formula is C24H19NO4. The largest absolute Gasteiger partial charge is 0.497 e. The van der Waals surface area contributed by atoms with Crippen molar-refractivity contribution >= 4 is 22.6 Å². The van der Waals surface area contributed by atoms with E-state index in [1.54, 1.807) is 31.4 Å². The highest BCUT2D eigenvalue weighted by Crippen LogP contribution is 2.25. The highest BCUT2D eigenvalue weighted by atomic mass is 16.5. The number of fused-ring (bicyclic) bond motifs is 1. The van der Waals surface area contributed by atoms with Crippen molar-refractivity contribution in [3.8, 4) is 17.1 Å². The SMILES string of the molecule is COc1ccc(-c2cc(=O)c3cc(NC(=O)c4cccc(C)c4)ccc3o2)cc1. The molecule has 0 saturated heterocycles. The van der Waals surface area contributed by atoms with Gasteiger partial charge in [-0.15, -0.1) is 0 Å². The molecule has 1 aromatic heterocycles. The molecule has 1 N–H and O–H groups in total. The number of amides is 1. The Balaban J connectivity index is 1.65. The number of hydrogen-bond acceptors (Lipinski definition) is 4. The highest BCUT2D eigenvalue weighted by Gasteiger charge is 2.10. The summed E-state index contributed by atoms with van der Waals surface area (Å²) in [6.07, 6.45) is 0. The third-order valence-corrected chi connectivity index (χ3v) is 4.64. The summed E-state index contributed by atoms with van der Waals surface area (Å²) in [6, 6.07) is 21.1. The second-order valence-corrected chi connectivity index (χ2v) is 6.74. The van der Waals surface area contributed by atoms with E-state index in [1.165, 1.54) is 6.07 Å². The van der Waals surface area contributed by atoms with E-state index in [1.807, 2.05) is 49.4 Å². The lowest BCUT2D eigenvalue weighted by molar-refractivity contribution is 0.102. The Kier molecular flexibility index (Phi) is 4.87. The van der Waals surface area contributed by atoms with Gasteiger partial charge in [-0.1, -0.05) is 17.7 Å². The van der Waals surface area contributed by atoms with Crippen molar-refractivity contribution < 1.29 is 13.9 Å². The standard InChI is InChI=1S/C24H19NO4/c1-15-4-3-5-17(12-15)24(27)25-18-8-11-22-20(13-18)21(26)14-23(29-22)16-6-9-19(28-2)10-7-16/h3-14H,1-2H3,(H,25,27). The minimum absolute atomic E-state index is 0.177. The predicted molar refractivity (Wildman–Crippen MR) is 114 cm³/mol. The van der Waals surface area contributed by atoms with Gasteiger partial charge >= 0.3 is 0 Å². The van der Waals surface area contributed by atoms with E-state index < -0.39 is 0 Å². The van der Waals surface area contributed by atoms with Gasteiger partial charge in [-0.3, -0.25) is 9.59 Å². The van der Waals surface area contributed by atoms with Crippen molar-refractivity contribution in [2.75, 3.05) is 12.4 Å². The van der Waals surface area contributed by atoms with Gasteiger partial charge in [-0.05, 0) is 61.5 Å². The fraction of sp³-hybridized carbons (Fsp3) is 0.0833. The number of carbonyl (C=O) groups is 1. The van der Waals surface area contributed by atoms with E-state index >= 15 is 0 Å². The van der Waals surface area contributed by atoms with Crippen LogP contribution in [0.1, 0.15) is 15.9 Å². The van der Waals surface area contributed by atoms with Crippen LogP contribution >= 0.6 is 0 Å². The molecule has 29 heavy (non-hydrogen) atoms. The maximum Gasteiger partial charge on any atom is 0.255 e. The lowest BCUT2D eigenvalue weighted by Gasteiger charge is -2.08. The molecule has 0 bridgehead atoms. The summed E-state index contributed by atoms with van der Waals surface area (Å²) in [5.41, 5.74) is 3.16. The van der Waals surface area contributed by atoms with Crippen LogP contribution in [-0.2, 0) is 0 Å². The summed E-state index contributed by atoms with van der Waals surface area (Å²) in [5, 5.41) is 3.24. The molecule has 0 saturated carbocycles. The van der Waals surface area contributed by atoms with Gasteiger partial charge in [0.2, 0.25) is 0 Å². The van der Waals surface area contributed by atoms with Gasteiger partial charge in [-0.2, -0.15) is 0 Å². The number of anilines is 1. The van der Waals surface area contributed by atoms with E-state index in [0.717, 1.165) is 16.9 Å². The van der Waals surface area contributed by atoms with Crippen LogP contribution in [0, 0.1) is 6.92 Å². The van der Waals surface area contributed by atoms with Crippen molar-refractivity contribution in [3.63, 3.8) is 0 Å². The maximum atomic E-state index is 12.7. The van der Waals surface area contributed by atoms with Crippen LogP contribution in [0.3, 0.4) is 0 Å². The molecule has 144 valence electrons. The smallest absolute Gasteiger partial charge is 0.255 e. The number of rotatable bonds is 4. The molecule has 0 aliphatic rings. The zero-order chi connectivity index (χ0) is 20.4. The quantitative estimate of drug-likeness (QED) is 0.535. The zero-order valence-corrected chi connectivity index (χ0v) is 16.1. The highest BCUT2D eigenvalue weighted by molar-refractivity contribution is 6.05. The Bertz CT molecular complexity index is 1260. The molecular weight excluding hydrogens is 366 g/mol. The molecule has 0 unspecified atom stereocenters. The van der Waals surface area contributed by atoms with Gasteiger partial charge in [-0.25, -0.2) is 0 Å². The topological polar surface area (TPSA) is 68.5 Å². The van der Waals surface area contributed by atoms with Crippen LogP contribution in [0.2, 0.25) is 0 Å². The summed E-state index contributed by atoms with van der Waals surface area (Å²) < 4.78 is 11.1. The number of ether oxygens (including phenoxy) is 1. The number of carbonyl (C=O) groups excluding carboxylic acids is 1. The molecule has 0 spiro atoms. The second kappa shape index (κ2) is 7.64. The minimum atomic E-state index is -0.229. The Labute approximate surface area is 167 Å². The molecule has 0 fully saturated rings. The third kappa shape index (κ3) is 3.89. The third-order valence-electron chi connectivity index (χ3n) is 4.64. The van der Waals surface area contributed by atoms with Crippen LogP contribution in [0.5, 0.6) is 5.75 Å². The predicted octanol–water partition coefficient (Wildman–Crippen LogP) is 5.03. The van der Waals surface area contributed by atoms with Crippen molar-refractivity contribution in [2.45, 2.75) is 6.92 Å². The van der Waals surface area contributed by atoms with Crippen LogP contribution in [0.4, 0.5) is 5.69 Å². The van der Waals surface area contributed by atoms with E-state index in [-0.39, 0.29) is 11.3 Å². The first-order chi connectivity index (χ1) is 14.0. The first-order valence-corrected chi connectivity index (χ1v) is 9.14. The monoisotopic (exact) mass is 385 g/mol. The Morgan fingerprint density at radius 2 is 1.76 bits per heavy atom. The van der Waals surface area contributed by atoms with E-state index in [0.29, 0.717) is 28.0 Å². The van der Waals surface area contributed by atoms with Crippen LogP contribution in [-0.4, -0.2) is 13.0 Å². The average Bonchev–Trinajstić information content (AvgIpc) is 2.74. The fourth-order valence-corrected chi connectivity index (χ4v) is 3.12. The minimum Gasteiger partial charge on any atom is -0.497 e. The first-order valence-electron chi connectivity index (χ1n) is 9.14. The van der Waals surface area contributed by atoms with Crippen LogP contribution in [0.15, 0.2) is 82.0 Å². The van der Waals surface area contributed by atoms with Crippen LogP contribution < -0.4 is 15.5 Å². The molecule has 0 radical (unpaired) electrons. The number of methoxy groups -OCH3 is 1. The van der Waals surface area contributed by atoms with Crippen molar-refractivity contribution in [1.29, 1.82) is 0 Å². The van der Waals surface area contributed by atoms with Gasteiger partial charge in [0.05, 0.1) is 12.5 Å². The van der Waals surface area contributed by atoms with E-state index in [2.05, 4.69) is 5.32 Å². The van der Waals surface area contributed by atoms with E-state index in [9.17, 15) is 9.59 Å². The normalized spacial score (nSPS) is 10.7. The summed E-state index contributed by atoms with van der Waals surface area (Å²) in [6.45, 7) is 1.93. The lowest BCUT2D eigenvalue weighted by atomic mass is 10.1. The van der Waals surface area contributed by atoms with Gasteiger partial charge < -0.3 is 14.5 Å². The molecule has 3 aromatic carbocycles. The number of benzene rings is 3. The van der Waals surface area contributed by atoms with Gasteiger partial charge in [0, 0.05) is 22.9 Å². The van der Waals surface area contributed by atoms with Crippen molar-refractivity contribution in [3.05, 3.63) is 94.1 Å². The molecule has 5 heteroatoms. The lowest BCUT2D eigenvalue weighted by Crippen LogP contribution is -2.12. The summed E-state index contributed by atoms with van der Waals surface area (Å²) in [4.78, 5) is 25.1. The first kappa shape index (κ1) is 18.5. The Morgan fingerprint density at radius 3 is 2.48 bits per heavy atom. The second-order valence-electron chi connectivity index (χ2n) is 6.74. The Morgan fingerprint density at radius 1 is 0.966 bits per heavy atom. The summed E-state index contributed by atoms with van der Waals surface area (Å²) in [7, 11) is 1.60.